The summed E-state index contributed by atoms with van der Waals surface area (Å²) in [6.45, 7) is 5.85. The van der Waals surface area contributed by atoms with Gasteiger partial charge in [-0.1, -0.05) is 29.3 Å². The lowest BCUT2D eigenvalue weighted by molar-refractivity contribution is 0.0984. The molecule has 31 heavy (non-hydrogen) atoms. The van der Waals surface area contributed by atoms with Crippen molar-refractivity contribution in [1.82, 2.24) is 19.6 Å². The second-order valence-corrected chi connectivity index (χ2v) is 7.67. The van der Waals surface area contributed by atoms with Crippen molar-refractivity contribution in [1.29, 1.82) is 0 Å². The summed E-state index contributed by atoms with van der Waals surface area (Å²) in [6.07, 6.45) is 0. The van der Waals surface area contributed by atoms with Gasteiger partial charge >= 0.3 is 0 Å². The van der Waals surface area contributed by atoms with E-state index < -0.39 is 0 Å². The molecule has 0 aliphatic heterocycles. The highest BCUT2D eigenvalue weighted by atomic mass is 35.5. The number of carbonyl (C=O) groups is 1. The minimum absolute atomic E-state index is 0.150. The molecule has 0 atom stereocenters. The molecule has 2 aromatic heterocycles. The maximum absolute atomic E-state index is 13.4. The van der Waals surface area contributed by atoms with Crippen LogP contribution in [0.5, 0.6) is 5.75 Å². The topological polar surface area (TPSA) is 72.6 Å². The minimum Gasteiger partial charge on any atom is -0.497 e. The summed E-state index contributed by atoms with van der Waals surface area (Å²) in [5.41, 5.74) is 3.82. The van der Waals surface area contributed by atoms with Gasteiger partial charge in [0.1, 0.15) is 5.75 Å². The van der Waals surface area contributed by atoms with E-state index in [-0.39, 0.29) is 12.5 Å². The van der Waals surface area contributed by atoms with Crippen molar-refractivity contribution < 1.29 is 9.53 Å². The van der Waals surface area contributed by atoms with Crippen molar-refractivity contribution >= 4 is 29.0 Å². The summed E-state index contributed by atoms with van der Waals surface area (Å²) in [4.78, 5) is 24.0. The van der Waals surface area contributed by atoms with Gasteiger partial charge in [0, 0.05) is 11.3 Å². The first-order valence-electron chi connectivity index (χ1n) is 9.78. The van der Waals surface area contributed by atoms with Crippen molar-refractivity contribution in [3.05, 3.63) is 81.9 Å². The van der Waals surface area contributed by atoms with E-state index in [1.165, 1.54) is 0 Å². The predicted molar refractivity (Wildman–Crippen MR) is 120 cm³/mol. The van der Waals surface area contributed by atoms with Gasteiger partial charge in [-0.25, -0.2) is 4.98 Å². The molecule has 158 valence electrons. The Bertz CT molecular complexity index is 1250. The molecule has 0 saturated carbocycles. The van der Waals surface area contributed by atoms with Gasteiger partial charge in [-0.2, -0.15) is 9.50 Å². The van der Waals surface area contributed by atoms with Crippen LogP contribution in [0.15, 0.2) is 48.5 Å². The maximum atomic E-state index is 13.4. The highest BCUT2D eigenvalue weighted by Gasteiger charge is 2.21. The largest absolute Gasteiger partial charge is 0.497 e. The third kappa shape index (κ3) is 4.09. The molecule has 0 bridgehead atoms. The van der Waals surface area contributed by atoms with Crippen LogP contribution in [-0.4, -0.2) is 32.6 Å². The summed E-state index contributed by atoms with van der Waals surface area (Å²) in [6, 6.07) is 14.8. The van der Waals surface area contributed by atoms with Crippen LogP contribution in [0.1, 0.15) is 33.1 Å². The number of hydrogen-bond acceptors (Lipinski definition) is 5. The number of methoxy groups -OCH3 is 1. The number of aryl methyl sites for hydroxylation is 3. The van der Waals surface area contributed by atoms with Gasteiger partial charge in [0.05, 0.1) is 30.1 Å². The van der Waals surface area contributed by atoms with Gasteiger partial charge in [0.15, 0.2) is 5.82 Å². The Morgan fingerprint density at radius 1 is 1.03 bits per heavy atom. The number of carbonyl (C=O) groups excluding carboxylic acids is 1. The molecule has 0 N–H and O–H groups in total. The molecule has 0 saturated heterocycles. The molecule has 2 aromatic carbocycles. The van der Waals surface area contributed by atoms with E-state index in [2.05, 4.69) is 15.1 Å². The fourth-order valence-corrected chi connectivity index (χ4v) is 3.42. The molecule has 0 aliphatic carbocycles. The molecule has 7 nitrogen and oxygen atoms in total. The summed E-state index contributed by atoms with van der Waals surface area (Å²) < 4.78 is 6.85. The first-order valence-corrected chi connectivity index (χ1v) is 10.2. The predicted octanol–water partition coefficient (Wildman–Crippen LogP) is 4.56. The van der Waals surface area contributed by atoms with Gasteiger partial charge in [-0.3, -0.25) is 4.79 Å². The molecule has 4 rings (SSSR count). The molecule has 0 fully saturated rings. The number of nitrogens with zero attached hydrogens (tertiary/aromatic N) is 5. The van der Waals surface area contributed by atoms with E-state index in [4.69, 9.17) is 16.3 Å². The van der Waals surface area contributed by atoms with Crippen molar-refractivity contribution in [3.63, 3.8) is 0 Å². The van der Waals surface area contributed by atoms with Gasteiger partial charge < -0.3 is 9.64 Å². The van der Waals surface area contributed by atoms with Gasteiger partial charge in [-0.15, -0.1) is 5.10 Å². The number of ether oxygens (including phenoxy) is 1. The van der Waals surface area contributed by atoms with Crippen LogP contribution < -0.4 is 9.64 Å². The highest BCUT2D eigenvalue weighted by molar-refractivity contribution is 6.31. The zero-order chi connectivity index (χ0) is 22.1. The summed E-state index contributed by atoms with van der Waals surface area (Å²) in [5.74, 6) is 1.48. The second-order valence-electron chi connectivity index (χ2n) is 7.29. The molecular weight excluding hydrogens is 414 g/mol. The van der Waals surface area contributed by atoms with Crippen molar-refractivity contribution in [2.24, 2.45) is 0 Å². The van der Waals surface area contributed by atoms with Crippen LogP contribution in [0.25, 0.3) is 5.78 Å². The lowest BCUT2D eigenvalue weighted by Gasteiger charge is -2.22. The van der Waals surface area contributed by atoms with Crippen LogP contribution in [0.2, 0.25) is 5.02 Å². The number of hydrogen-bond donors (Lipinski definition) is 0. The monoisotopic (exact) mass is 435 g/mol. The standard InChI is InChI=1S/C23H22ClN5O2/c1-14-5-7-17(8-6-14)22(30)28(18-9-11-19(31-4)12-10-18)13-20-26-23-25-15(2)21(24)16(3)29(23)27-20/h5-12H,13H2,1-4H3. The normalized spacial score (nSPS) is 11.0. The summed E-state index contributed by atoms with van der Waals surface area (Å²) in [5, 5.41) is 5.09. The molecule has 1 amide bonds. The van der Waals surface area contributed by atoms with Crippen LogP contribution in [0, 0.1) is 20.8 Å². The van der Waals surface area contributed by atoms with Crippen LogP contribution in [-0.2, 0) is 6.54 Å². The second kappa shape index (κ2) is 8.35. The Hall–Kier alpha value is -3.45. The zero-order valence-corrected chi connectivity index (χ0v) is 18.5. The lowest BCUT2D eigenvalue weighted by atomic mass is 10.1. The van der Waals surface area contributed by atoms with Gasteiger partial charge in [-0.05, 0) is 57.2 Å². The molecule has 0 radical (unpaired) electrons. The average molecular weight is 436 g/mol. The Morgan fingerprint density at radius 3 is 2.35 bits per heavy atom. The van der Waals surface area contributed by atoms with Crippen LogP contribution in [0.3, 0.4) is 0 Å². The Kier molecular flexibility index (Phi) is 5.61. The third-order valence-corrected chi connectivity index (χ3v) is 5.63. The number of benzene rings is 2. The molecule has 0 aliphatic rings. The smallest absolute Gasteiger partial charge is 0.258 e. The molecule has 2 heterocycles. The number of anilines is 1. The Morgan fingerprint density at radius 2 is 1.71 bits per heavy atom. The van der Waals surface area contributed by atoms with Gasteiger partial charge in [0.25, 0.3) is 11.7 Å². The zero-order valence-electron chi connectivity index (χ0n) is 17.8. The van der Waals surface area contributed by atoms with E-state index >= 15 is 0 Å². The maximum Gasteiger partial charge on any atom is 0.258 e. The molecule has 0 spiro atoms. The Balaban J connectivity index is 1.75. The highest BCUT2D eigenvalue weighted by Crippen LogP contribution is 2.24. The average Bonchev–Trinajstić information content (AvgIpc) is 3.18. The number of halogens is 1. The fraction of sp³-hybridized carbons (Fsp3) is 0.217. The number of aromatic nitrogens is 4. The quantitative estimate of drug-likeness (QED) is 0.459. The SMILES string of the molecule is COc1ccc(N(Cc2nc3nc(C)c(Cl)c(C)n3n2)C(=O)c2ccc(C)cc2)cc1. The van der Waals surface area contributed by atoms with Crippen molar-refractivity contribution in [2.45, 2.75) is 27.3 Å². The first kappa shape index (κ1) is 20.8. The first-order chi connectivity index (χ1) is 14.9. The number of amides is 1. The summed E-state index contributed by atoms with van der Waals surface area (Å²) >= 11 is 6.31. The van der Waals surface area contributed by atoms with E-state index in [1.807, 2.05) is 69.3 Å². The molecular formula is C23H22ClN5O2. The lowest BCUT2D eigenvalue weighted by Crippen LogP contribution is -2.31. The van der Waals surface area contributed by atoms with Gasteiger partial charge in [0.2, 0.25) is 0 Å². The van der Waals surface area contributed by atoms with E-state index in [1.54, 1.807) is 16.5 Å². The fourth-order valence-electron chi connectivity index (χ4n) is 3.30. The van der Waals surface area contributed by atoms with E-state index in [9.17, 15) is 4.79 Å². The minimum atomic E-state index is -0.150. The van der Waals surface area contributed by atoms with E-state index in [0.717, 1.165) is 11.3 Å². The number of rotatable bonds is 5. The van der Waals surface area contributed by atoms with Crippen LogP contribution >= 0.6 is 11.6 Å². The third-order valence-electron chi connectivity index (χ3n) is 5.08. The van der Waals surface area contributed by atoms with E-state index in [0.29, 0.717) is 39.3 Å². The van der Waals surface area contributed by atoms with Crippen molar-refractivity contribution in [3.8, 4) is 5.75 Å². The number of fused-ring (bicyclic) bond motifs is 1. The van der Waals surface area contributed by atoms with Crippen molar-refractivity contribution in [2.75, 3.05) is 12.0 Å². The summed E-state index contributed by atoms with van der Waals surface area (Å²) in [7, 11) is 1.60. The molecule has 8 heteroatoms. The Labute approximate surface area is 185 Å². The molecule has 4 aromatic rings. The molecule has 0 unspecified atom stereocenters. The van der Waals surface area contributed by atoms with Crippen LogP contribution in [0.4, 0.5) is 5.69 Å².